The second-order valence-corrected chi connectivity index (χ2v) is 6.13. The third kappa shape index (κ3) is 2.25. The first-order chi connectivity index (χ1) is 9.67. The van der Waals surface area contributed by atoms with Crippen molar-refractivity contribution in [2.45, 2.75) is 25.9 Å². The lowest BCUT2D eigenvalue weighted by Gasteiger charge is -2.47. The van der Waals surface area contributed by atoms with Crippen molar-refractivity contribution in [3.8, 4) is 5.75 Å². The molecule has 0 saturated carbocycles. The molecule has 1 aliphatic carbocycles. The summed E-state index contributed by atoms with van der Waals surface area (Å²) in [5.41, 5.74) is 2.51. The fourth-order valence-corrected chi connectivity index (χ4v) is 3.38. The van der Waals surface area contributed by atoms with Crippen LogP contribution in [-0.2, 0) is 4.74 Å². The monoisotopic (exact) mass is 274 g/mol. The number of aliphatic hydroxyl groups excluding tert-OH is 1. The van der Waals surface area contributed by atoms with Crippen molar-refractivity contribution in [2.75, 3.05) is 20.3 Å². The number of methoxy groups -OCH3 is 1. The lowest BCUT2D eigenvalue weighted by Crippen LogP contribution is -2.43. The summed E-state index contributed by atoms with van der Waals surface area (Å²) in [6, 6.07) is 8.12. The van der Waals surface area contributed by atoms with Gasteiger partial charge in [0.15, 0.2) is 0 Å². The predicted octanol–water partition coefficient (Wildman–Crippen LogP) is 3.10. The molecule has 1 saturated heterocycles. The van der Waals surface area contributed by atoms with E-state index in [1.807, 2.05) is 12.1 Å². The Morgan fingerprint density at radius 3 is 2.75 bits per heavy atom. The molecule has 20 heavy (non-hydrogen) atoms. The van der Waals surface area contributed by atoms with Crippen LogP contribution in [0.15, 0.2) is 35.9 Å². The van der Waals surface area contributed by atoms with Crippen LogP contribution in [0.3, 0.4) is 0 Å². The van der Waals surface area contributed by atoms with E-state index in [1.54, 1.807) is 7.11 Å². The van der Waals surface area contributed by atoms with Gasteiger partial charge in [-0.25, -0.2) is 0 Å². The van der Waals surface area contributed by atoms with Gasteiger partial charge in [-0.1, -0.05) is 23.8 Å². The average Bonchev–Trinajstić information content (AvgIpc) is 2.52. The molecule has 1 aromatic carbocycles. The summed E-state index contributed by atoms with van der Waals surface area (Å²) < 4.78 is 11.3. The molecule has 0 unspecified atom stereocenters. The van der Waals surface area contributed by atoms with E-state index in [2.05, 4.69) is 25.1 Å². The smallest absolute Gasteiger partial charge is 0.118 e. The first-order valence-electron chi connectivity index (χ1n) is 7.20. The highest BCUT2D eigenvalue weighted by atomic mass is 16.5. The number of allylic oxidation sites excluding steroid dienone is 1. The maximum Gasteiger partial charge on any atom is 0.118 e. The zero-order valence-electron chi connectivity index (χ0n) is 12.1. The van der Waals surface area contributed by atoms with Gasteiger partial charge < -0.3 is 14.6 Å². The van der Waals surface area contributed by atoms with Gasteiger partial charge in [0.05, 0.1) is 26.4 Å². The van der Waals surface area contributed by atoms with Crippen LogP contribution in [0.25, 0.3) is 0 Å². The Kier molecular flexibility index (Phi) is 3.57. The van der Waals surface area contributed by atoms with Gasteiger partial charge in [0.25, 0.3) is 0 Å². The molecule has 3 rings (SSSR count). The standard InChI is InChI=1S/C17H22O3/c1-12-7-8-17(10-18)9-15(12)16(20-11-17)13-3-5-14(19-2)6-4-13/h3-7,15-16,18H,8-11H2,1-2H3/t15-,16+,17-/m1/s1. The summed E-state index contributed by atoms with van der Waals surface area (Å²) in [4.78, 5) is 0. The van der Waals surface area contributed by atoms with Crippen LogP contribution < -0.4 is 4.74 Å². The van der Waals surface area contributed by atoms with Crippen LogP contribution >= 0.6 is 0 Å². The van der Waals surface area contributed by atoms with Gasteiger partial charge in [-0.2, -0.15) is 0 Å². The molecule has 0 aromatic heterocycles. The Balaban J connectivity index is 1.87. The third-order valence-electron chi connectivity index (χ3n) is 4.81. The minimum atomic E-state index is -0.0624. The van der Waals surface area contributed by atoms with E-state index in [0.29, 0.717) is 12.5 Å². The first kappa shape index (κ1) is 13.7. The number of hydrogen-bond donors (Lipinski definition) is 1. The summed E-state index contributed by atoms with van der Waals surface area (Å²) in [6.07, 6.45) is 4.32. The van der Waals surface area contributed by atoms with Crippen LogP contribution in [-0.4, -0.2) is 25.4 Å². The lowest BCUT2D eigenvalue weighted by molar-refractivity contribution is -0.113. The predicted molar refractivity (Wildman–Crippen MR) is 77.7 cm³/mol. The second-order valence-electron chi connectivity index (χ2n) is 6.13. The van der Waals surface area contributed by atoms with E-state index in [1.165, 1.54) is 11.1 Å². The molecule has 1 aromatic rings. The molecule has 1 aliphatic heterocycles. The van der Waals surface area contributed by atoms with E-state index >= 15 is 0 Å². The van der Waals surface area contributed by atoms with Crippen molar-refractivity contribution in [2.24, 2.45) is 11.3 Å². The summed E-state index contributed by atoms with van der Waals surface area (Å²) in [6.45, 7) is 3.03. The van der Waals surface area contributed by atoms with Crippen molar-refractivity contribution < 1.29 is 14.6 Å². The molecule has 3 atom stereocenters. The lowest BCUT2D eigenvalue weighted by atomic mass is 9.67. The molecule has 1 fully saturated rings. The fourth-order valence-electron chi connectivity index (χ4n) is 3.38. The molecule has 108 valence electrons. The third-order valence-corrected chi connectivity index (χ3v) is 4.81. The highest BCUT2D eigenvalue weighted by molar-refractivity contribution is 5.31. The molecular weight excluding hydrogens is 252 g/mol. The maximum atomic E-state index is 9.68. The summed E-state index contributed by atoms with van der Waals surface area (Å²) in [5.74, 6) is 1.24. The quantitative estimate of drug-likeness (QED) is 0.861. The maximum absolute atomic E-state index is 9.68. The minimum absolute atomic E-state index is 0.0624. The van der Waals surface area contributed by atoms with Crippen molar-refractivity contribution in [3.05, 3.63) is 41.5 Å². The minimum Gasteiger partial charge on any atom is -0.497 e. The zero-order valence-corrected chi connectivity index (χ0v) is 12.1. The van der Waals surface area contributed by atoms with Crippen molar-refractivity contribution >= 4 is 0 Å². The SMILES string of the molecule is COc1ccc([C@@H]2OC[C@]3(CO)CC=C(C)[C@H]2C3)cc1. The summed E-state index contributed by atoms with van der Waals surface area (Å²) in [7, 11) is 1.68. The van der Waals surface area contributed by atoms with Crippen LogP contribution in [0, 0.1) is 11.3 Å². The number of fused-ring (bicyclic) bond motifs is 2. The molecule has 2 aliphatic rings. The number of rotatable bonds is 3. The molecule has 3 heteroatoms. The number of hydrogen-bond acceptors (Lipinski definition) is 3. The van der Waals surface area contributed by atoms with Crippen LogP contribution in [0.2, 0.25) is 0 Å². The van der Waals surface area contributed by atoms with E-state index in [-0.39, 0.29) is 18.1 Å². The highest BCUT2D eigenvalue weighted by Crippen LogP contribution is 2.50. The van der Waals surface area contributed by atoms with Crippen LogP contribution in [0.5, 0.6) is 5.75 Å². The topological polar surface area (TPSA) is 38.7 Å². The van der Waals surface area contributed by atoms with Crippen molar-refractivity contribution in [1.29, 1.82) is 0 Å². The molecule has 1 heterocycles. The van der Waals surface area contributed by atoms with Gasteiger partial charge in [0.2, 0.25) is 0 Å². The summed E-state index contributed by atoms with van der Waals surface area (Å²) >= 11 is 0. The number of aliphatic hydroxyl groups is 1. The second kappa shape index (κ2) is 5.23. The van der Waals surface area contributed by atoms with Gasteiger partial charge in [0.1, 0.15) is 5.75 Å². The Morgan fingerprint density at radius 1 is 1.35 bits per heavy atom. The highest BCUT2D eigenvalue weighted by Gasteiger charge is 2.44. The number of ether oxygens (including phenoxy) is 2. The molecule has 0 spiro atoms. The average molecular weight is 274 g/mol. The fraction of sp³-hybridized carbons (Fsp3) is 0.529. The van der Waals surface area contributed by atoms with Gasteiger partial charge in [-0.15, -0.1) is 0 Å². The van der Waals surface area contributed by atoms with Gasteiger partial charge in [0, 0.05) is 11.3 Å². The van der Waals surface area contributed by atoms with E-state index in [9.17, 15) is 5.11 Å². The Labute approximate surface area is 120 Å². The molecule has 2 bridgehead atoms. The largest absolute Gasteiger partial charge is 0.497 e. The number of benzene rings is 1. The van der Waals surface area contributed by atoms with Crippen molar-refractivity contribution in [1.82, 2.24) is 0 Å². The van der Waals surface area contributed by atoms with Gasteiger partial charge >= 0.3 is 0 Å². The van der Waals surface area contributed by atoms with Crippen molar-refractivity contribution in [3.63, 3.8) is 0 Å². The Hall–Kier alpha value is -1.32. The molecule has 0 amide bonds. The van der Waals surface area contributed by atoms with Gasteiger partial charge in [-0.05, 0) is 37.5 Å². The normalized spacial score (nSPS) is 32.6. The van der Waals surface area contributed by atoms with E-state index in [4.69, 9.17) is 9.47 Å². The molecule has 1 N–H and O–H groups in total. The molecule has 3 nitrogen and oxygen atoms in total. The first-order valence-corrected chi connectivity index (χ1v) is 7.20. The van der Waals surface area contributed by atoms with Crippen LogP contribution in [0.1, 0.15) is 31.4 Å². The van der Waals surface area contributed by atoms with Crippen LogP contribution in [0.4, 0.5) is 0 Å². The Bertz CT molecular complexity index is 505. The molecular formula is C17H22O3. The van der Waals surface area contributed by atoms with E-state index < -0.39 is 0 Å². The van der Waals surface area contributed by atoms with E-state index in [0.717, 1.165) is 18.6 Å². The summed E-state index contributed by atoms with van der Waals surface area (Å²) in [5, 5.41) is 9.68. The zero-order chi connectivity index (χ0) is 14.2. The Morgan fingerprint density at radius 2 is 2.10 bits per heavy atom. The van der Waals surface area contributed by atoms with Gasteiger partial charge in [-0.3, -0.25) is 0 Å². The molecule has 0 radical (unpaired) electrons.